The van der Waals surface area contributed by atoms with Crippen LogP contribution in [0.4, 0.5) is 0 Å². The van der Waals surface area contributed by atoms with Gasteiger partial charge in [-0.15, -0.1) is 0 Å². The Kier molecular flexibility index (Phi) is 2.84. The van der Waals surface area contributed by atoms with Crippen LogP contribution in [0.2, 0.25) is 0 Å². The zero-order valence-corrected chi connectivity index (χ0v) is 8.44. The smallest absolute Gasteiger partial charge is 0.220 e. The number of aromatic nitrogens is 1. The second-order valence-electron chi connectivity index (χ2n) is 3.82. The van der Waals surface area contributed by atoms with E-state index in [1.807, 2.05) is 0 Å². The van der Waals surface area contributed by atoms with Crippen LogP contribution in [0.3, 0.4) is 0 Å². The van der Waals surface area contributed by atoms with Crippen molar-refractivity contribution in [3.8, 4) is 0 Å². The molecule has 1 fully saturated rings. The summed E-state index contributed by atoms with van der Waals surface area (Å²) in [7, 11) is 2.11. The van der Waals surface area contributed by atoms with E-state index in [1.165, 1.54) is 12.8 Å². The Morgan fingerprint density at radius 2 is 2.50 bits per heavy atom. The van der Waals surface area contributed by atoms with Gasteiger partial charge in [-0.2, -0.15) is 0 Å². The Labute approximate surface area is 83.5 Å². The van der Waals surface area contributed by atoms with E-state index in [4.69, 9.17) is 9.52 Å². The number of likely N-dealkylation sites (tertiary alicyclic amines) is 1. The first-order valence-corrected chi connectivity index (χ1v) is 5.06. The van der Waals surface area contributed by atoms with E-state index < -0.39 is 0 Å². The summed E-state index contributed by atoms with van der Waals surface area (Å²) in [5.74, 6) is 0.416. The highest BCUT2D eigenvalue weighted by Crippen LogP contribution is 2.28. The van der Waals surface area contributed by atoms with Crippen LogP contribution >= 0.6 is 0 Å². The summed E-state index contributed by atoms with van der Waals surface area (Å²) >= 11 is 0. The van der Waals surface area contributed by atoms with E-state index in [0.717, 1.165) is 18.7 Å². The molecule has 4 heteroatoms. The quantitative estimate of drug-likeness (QED) is 0.775. The average molecular weight is 196 g/mol. The molecule has 0 bridgehead atoms. The lowest BCUT2D eigenvalue weighted by molar-refractivity contribution is 0.183. The van der Waals surface area contributed by atoms with Crippen LogP contribution in [0.1, 0.15) is 36.9 Å². The van der Waals surface area contributed by atoms with Crippen molar-refractivity contribution < 1.29 is 9.52 Å². The molecular formula is C10H16N2O2. The largest absolute Gasteiger partial charge is 0.446 e. The minimum Gasteiger partial charge on any atom is -0.446 e. The predicted octanol–water partition coefficient (Wildman–Crippen LogP) is 1.32. The van der Waals surface area contributed by atoms with Crippen LogP contribution in [0.5, 0.6) is 0 Å². The van der Waals surface area contributed by atoms with E-state index in [2.05, 4.69) is 16.9 Å². The molecule has 4 nitrogen and oxygen atoms in total. The highest BCUT2D eigenvalue weighted by molar-refractivity contribution is 5.04. The van der Waals surface area contributed by atoms with Gasteiger partial charge >= 0.3 is 0 Å². The fourth-order valence-corrected chi connectivity index (χ4v) is 2.00. The molecule has 1 aromatic rings. The SMILES string of the molecule is CN1CCCCC1c1coc(CO)n1. The molecule has 0 spiro atoms. The van der Waals surface area contributed by atoms with Crippen LogP contribution in [0.15, 0.2) is 10.7 Å². The third-order valence-corrected chi connectivity index (χ3v) is 2.82. The molecule has 1 aliphatic rings. The topological polar surface area (TPSA) is 49.5 Å². The number of rotatable bonds is 2. The molecule has 1 saturated heterocycles. The summed E-state index contributed by atoms with van der Waals surface area (Å²) in [5.41, 5.74) is 0.955. The van der Waals surface area contributed by atoms with Crippen molar-refractivity contribution in [1.82, 2.24) is 9.88 Å². The minimum atomic E-state index is -0.115. The number of piperidine rings is 1. The van der Waals surface area contributed by atoms with Gasteiger partial charge in [0.1, 0.15) is 12.9 Å². The minimum absolute atomic E-state index is 0.115. The molecule has 0 radical (unpaired) electrons. The first-order valence-electron chi connectivity index (χ1n) is 5.06. The Morgan fingerprint density at radius 3 is 3.14 bits per heavy atom. The number of nitrogens with zero attached hydrogens (tertiary/aromatic N) is 2. The molecule has 0 aromatic carbocycles. The molecule has 0 amide bonds. The van der Waals surface area contributed by atoms with Gasteiger partial charge in [0, 0.05) is 0 Å². The molecular weight excluding hydrogens is 180 g/mol. The lowest BCUT2D eigenvalue weighted by Crippen LogP contribution is -2.29. The lowest BCUT2D eigenvalue weighted by Gasteiger charge is -2.30. The van der Waals surface area contributed by atoms with Crippen LogP contribution < -0.4 is 0 Å². The molecule has 78 valence electrons. The van der Waals surface area contributed by atoms with Gasteiger partial charge in [-0.05, 0) is 26.4 Å². The summed E-state index contributed by atoms with van der Waals surface area (Å²) in [5, 5.41) is 8.85. The molecule has 14 heavy (non-hydrogen) atoms. The third-order valence-electron chi connectivity index (χ3n) is 2.82. The summed E-state index contributed by atoms with van der Waals surface area (Å²) in [6.07, 6.45) is 5.31. The second-order valence-corrected chi connectivity index (χ2v) is 3.82. The van der Waals surface area contributed by atoms with Crippen LogP contribution in [-0.4, -0.2) is 28.6 Å². The van der Waals surface area contributed by atoms with Gasteiger partial charge in [0.05, 0.1) is 11.7 Å². The number of oxazole rings is 1. The summed E-state index contributed by atoms with van der Waals surface area (Å²) in [4.78, 5) is 6.54. The van der Waals surface area contributed by atoms with Gasteiger partial charge in [0.2, 0.25) is 5.89 Å². The first-order chi connectivity index (χ1) is 6.81. The molecule has 0 saturated carbocycles. The Bertz CT molecular complexity index is 298. The fraction of sp³-hybridized carbons (Fsp3) is 0.700. The molecule has 1 unspecified atom stereocenters. The normalized spacial score (nSPS) is 24.0. The van der Waals surface area contributed by atoms with Gasteiger partial charge in [0.25, 0.3) is 0 Å². The predicted molar refractivity (Wildman–Crippen MR) is 51.6 cm³/mol. The summed E-state index contributed by atoms with van der Waals surface area (Å²) in [6.45, 7) is 1.00. The van der Waals surface area contributed by atoms with Crippen LogP contribution in [0, 0.1) is 0 Å². The van der Waals surface area contributed by atoms with Crippen molar-refractivity contribution in [1.29, 1.82) is 0 Å². The average Bonchev–Trinajstić information content (AvgIpc) is 2.67. The van der Waals surface area contributed by atoms with Gasteiger partial charge in [0.15, 0.2) is 0 Å². The van der Waals surface area contributed by atoms with Crippen molar-refractivity contribution in [2.75, 3.05) is 13.6 Å². The van der Waals surface area contributed by atoms with Crippen molar-refractivity contribution in [2.24, 2.45) is 0 Å². The summed E-state index contributed by atoms with van der Waals surface area (Å²) in [6, 6.07) is 0.368. The maximum absolute atomic E-state index is 8.85. The van der Waals surface area contributed by atoms with Gasteiger partial charge in [-0.3, -0.25) is 4.90 Å². The van der Waals surface area contributed by atoms with Gasteiger partial charge in [-0.25, -0.2) is 4.98 Å². The van der Waals surface area contributed by atoms with Gasteiger partial charge < -0.3 is 9.52 Å². The van der Waals surface area contributed by atoms with Crippen LogP contribution in [0.25, 0.3) is 0 Å². The Hall–Kier alpha value is -0.870. The maximum Gasteiger partial charge on any atom is 0.220 e. The number of hydrogen-bond acceptors (Lipinski definition) is 4. The Morgan fingerprint density at radius 1 is 1.64 bits per heavy atom. The Balaban J connectivity index is 2.12. The highest BCUT2D eigenvalue weighted by Gasteiger charge is 2.23. The number of hydrogen-bond donors (Lipinski definition) is 1. The standard InChI is InChI=1S/C10H16N2O2/c1-12-5-3-2-4-9(12)8-7-14-10(6-13)11-8/h7,9,13H,2-6H2,1H3. The molecule has 0 aliphatic carbocycles. The summed E-state index contributed by atoms with van der Waals surface area (Å²) < 4.78 is 5.13. The molecule has 2 rings (SSSR count). The maximum atomic E-state index is 8.85. The van der Waals surface area contributed by atoms with E-state index in [0.29, 0.717) is 11.9 Å². The van der Waals surface area contributed by atoms with Gasteiger partial charge in [-0.1, -0.05) is 6.42 Å². The zero-order valence-electron chi connectivity index (χ0n) is 8.44. The van der Waals surface area contributed by atoms with E-state index in [9.17, 15) is 0 Å². The molecule has 2 heterocycles. The monoisotopic (exact) mass is 196 g/mol. The van der Waals surface area contributed by atoms with Crippen molar-refractivity contribution in [3.05, 3.63) is 17.8 Å². The second kappa shape index (κ2) is 4.11. The molecule has 1 N–H and O–H groups in total. The zero-order chi connectivity index (χ0) is 9.97. The first kappa shape index (κ1) is 9.68. The van der Waals surface area contributed by atoms with Crippen molar-refractivity contribution >= 4 is 0 Å². The highest BCUT2D eigenvalue weighted by atomic mass is 16.4. The molecule has 1 atom stereocenters. The molecule has 1 aromatic heterocycles. The lowest BCUT2D eigenvalue weighted by atomic mass is 10.0. The number of aliphatic hydroxyl groups is 1. The number of aliphatic hydroxyl groups excluding tert-OH is 1. The van der Waals surface area contributed by atoms with Crippen LogP contribution in [-0.2, 0) is 6.61 Å². The van der Waals surface area contributed by atoms with Crippen molar-refractivity contribution in [2.45, 2.75) is 31.9 Å². The third kappa shape index (κ3) is 1.81. The van der Waals surface area contributed by atoms with Crippen molar-refractivity contribution in [3.63, 3.8) is 0 Å². The van der Waals surface area contributed by atoms with E-state index >= 15 is 0 Å². The fourth-order valence-electron chi connectivity index (χ4n) is 2.00. The molecule has 1 aliphatic heterocycles. The van der Waals surface area contributed by atoms with E-state index in [1.54, 1.807) is 6.26 Å². The van der Waals surface area contributed by atoms with E-state index in [-0.39, 0.29) is 6.61 Å².